The van der Waals surface area contributed by atoms with Crippen molar-refractivity contribution in [2.75, 3.05) is 38.7 Å². The zero-order valence-electron chi connectivity index (χ0n) is 18.1. The number of ether oxygens (including phenoxy) is 2. The first kappa shape index (κ1) is 22.6. The smallest absolute Gasteiger partial charge is 0.321 e. The Morgan fingerprint density at radius 3 is 2.90 bits per heavy atom. The molecule has 8 nitrogen and oxygen atoms in total. The van der Waals surface area contributed by atoms with Crippen molar-refractivity contribution in [3.05, 3.63) is 53.7 Å². The average Bonchev–Trinajstić information content (AvgIpc) is 2.78. The number of likely N-dealkylation sites (tertiary alicyclic amines) is 1. The largest absolute Gasteiger partial charge is 0.475 e. The van der Waals surface area contributed by atoms with E-state index in [2.05, 4.69) is 15.6 Å². The van der Waals surface area contributed by atoms with Gasteiger partial charge in [-0.2, -0.15) is 0 Å². The Balaban J connectivity index is 1.52. The number of methoxy groups -OCH3 is 1. The first-order chi connectivity index (χ1) is 15.1. The molecular formula is C23H30N4O4. The van der Waals surface area contributed by atoms with Crippen molar-refractivity contribution in [3.8, 4) is 5.88 Å². The van der Waals surface area contributed by atoms with Crippen LogP contribution in [0.3, 0.4) is 0 Å². The predicted molar refractivity (Wildman–Crippen MR) is 118 cm³/mol. The standard InChI is InChI=1S/C23H30N4O4/c1-17-6-3-9-20(14-17)26-23(29)27-11-5-8-19(16-27)21(28)25-15-18-7-4-10-24-22(18)31-13-12-30-2/h3-4,6-7,9-10,14,19H,5,8,11-13,15-16H2,1-2H3,(H,25,28)(H,26,29). The number of nitrogens with zero attached hydrogens (tertiary/aromatic N) is 2. The van der Waals surface area contributed by atoms with Gasteiger partial charge in [0.15, 0.2) is 0 Å². The van der Waals surface area contributed by atoms with Crippen LogP contribution in [-0.2, 0) is 16.1 Å². The molecule has 1 aliphatic rings. The van der Waals surface area contributed by atoms with Gasteiger partial charge in [0.2, 0.25) is 11.8 Å². The zero-order chi connectivity index (χ0) is 22.1. The van der Waals surface area contributed by atoms with Crippen molar-refractivity contribution in [1.82, 2.24) is 15.2 Å². The lowest BCUT2D eigenvalue weighted by Gasteiger charge is -2.32. The van der Waals surface area contributed by atoms with Crippen LogP contribution in [0.5, 0.6) is 5.88 Å². The van der Waals surface area contributed by atoms with Crippen LogP contribution in [0, 0.1) is 12.8 Å². The summed E-state index contributed by atoms with van der Waals surface area (Å²) in [4.78, 5) is 31.3. The highest BCUT2D eigenvalue weighted by Crippen LogP contribution is 2.20. The van der Waals surface area contributed by atoms with Gasteiger partial charge in [-0.15, -0.1) is 0 Å². The molecule has 1 aromatic heterocycles. The van der Waals surface area contributed by atoms with E-state index in [0.717, 1.165) is 29.7 Å². The van der Waals surface area contributed by atoms with Gasteiger partial charge >= 0.3 is 6.03 Å². The lowest BCUT2D eigenvalue weighted by atomic mass is 9.97. The molecule has 0 bridgehead atoms. The maximum Gasteiger partial charge on any atom is 0.321 e. The Hall–Kier alpha value is -3.13. The van der Waals surface area contributed by atoms with E-state index in [-0.39, 0.29) is 17.9 Å². The van der Waals surface area contributed by atoms with Crippen LogP contribution in [-0.4, -0.2) is 55.2 Å². The molecule has 8 heteroatoms. The molecule has 166 valence electrons. The van der Waals surface area contributed by atoms with E-state index < -0.39 is 0 Å². The fourth-order valence-electron chi connectivity index (χ4n) is 3.54. The molecule has 0 spiro atoms. The molecule has 1 saturated heterocycles. The Morgan fingerprint density at radius 1 is 1.23 bits per heavy atom. The number of hydrogen-bond donors (Lipinski definition) is 2. The average molecular weight is 427 g/mol. The van der Waals surface area contributed by atoms with E-state index >= 15 is 0 Å². The molecule has 2 N–H and O–H groups in total. The SMILES string of the molecule is COCCOc1ncccc1CNC(=O)C1CCCN(C(=O)Nc2cccc(C)c2)C1. The van der Waals surface area contributed by atoms with Gasteiger partial charge in [0.1, 0.15) is 6.61 Å². The summed E-state index contributed by atoms with van der Waals surface area (Å²) < 4.78 is 10.6. The van der Waals surface area contributed by atoms with Crippen LogP contribution in [0.1, 0.15) is 24.0 Å². The van der Waals surface area contributed by atoms with Gasteiger partial charge in [-0.05, 0) is 43.5 Å². The summed E-state index contributed by atoms with van der Waals surface area (Å²) in [5.74, 6) is 0.175. The summed E-state index contributed by atoms with van der Waals surface area (Å²) in [7, 11) is 1.61. The highest BCUT2D eigenvalue weighted by Gasteiger charge is 2.28. The highest BCUT2D eigenvalue weighted by atomic mass is 16.5. The van der Waals surface area contributed by atoms with E-state index in [0.29, 0.717) is 38.7 Å². The number of aryl methyl sites for hydroxylation is 1. The second-order valence-electron chi connectivity index (χ2n) is 7.61. The van der Waals surface area contributed by atoms with Gasteiger partial charge in [0.05, 0.1) is 12.5 Å². The van der Waals surface area contributed by atoms with Gasteiger partial charge in [-0.3, -0.25) is 4.79 Å². The minimum absolute atomic E-state index is 0.0697. The van der Waals surface area contributed by atoms with Gasteiger partial charge in [-0.1, -0.05) is 18.2 Å². The predicted octanol–water partition coefficient (Wildman–Crippen LogP) is 2.98. The van der Waals surface area contributed by atoms with Gasteiger partial charge in [0.25, 0.3) is 0 Å². The lowest BCUT2D eigenvalue weighted by Crippen LogP contribution is -2.46. The third kappa shape index (κ3) is 6.68. The molecule has 1 atom stereocenters. The molecule has 2 aromatic rings. The zero-order valence-corrected chi connectivity index (χ0v) is 18.1. The fraction of sp³-hybridized carbons (Fsp3) is 0.435. The second kappa shape index (κ2) is 11.3. The Kier molecular flexibility index (Phi) is 8.23. The van der Waals surface area contributed by atoms with Crippen LogP contribution in [0.2, 0.25) is 0 Å². The molecule has 1 unspecified atom stereocenters. The van der Waals surface area contributed by atoms with E-state index in [1.807, 2.05) is 43.3 Å². The summed E-state index contributed by atoms with van der Waals surface area (Å²) >= 11 is 0. The van der Waals surface area contributed by atoms with Gasteiger partial charge in [-0.25, -0.2) is 9.78 Å². The monoisotopic (exact) mass is 426 g/mol. The normalized spacial score (nSPS) is 15.9. The van der Waals surface area contributed by atoms with Crippen molar-refractivity contribution in [1.29, 1.82) is 0 Å². The molecular weight excluding hydrogens is 396 g/mol. The Bertz CT molecular complexity index is 889. The topological polar surface area (TPSA) is 92.8 Å². The molecule has 2 heterocycles. The molecule has 31 heavy (non-hydrogen) atoms. The number of rotatable bonds is 8. The van der Waals surface area contributed by atoms with Gasteiger partial charge in [0, 0.05) is 44.2 Å². The molecule has 3 amide bonds. The quantitative estimate of drug-likeness (QED) is 0.633. The summed E-state index contributed by atoms with van der Waals surface area (Å²) in [5.41, 5.74) is 2.64. The van der Waals surface area contributed by atoms with Crippen LogP contribution >= 0.6 is 0 Å². The number of aromatic nitrogens is 1. The maximum absolute atomic E-state index is 12.8. The summed E-state index contributed by atoms with van der Waals surface area (Å²) in [6.07, 6.45) is 3.20. The number of anilines is 1. The first-order valence-electron chi connectivity index (χ1n) is 10.5. The maximum atomic E-state index is 12.8. The van der Waals surface area contributed by atoms with Crippen LogP contribution < -0.4 is 15.4 Å². The van der Waals surface area contributed by atoms with E-state index in [9.17, 15) is 9.59 Å². The third-order valence-electron chi connectivity index (χ3n) is 5.18. The first-order valence-corrected chi connectivity index (χ1v) is 10.5. The number of urea groups is 1. The molecule has 3 rings (SSSR count). The van der Waals surface area contributed by atoms with Crippen LogP contribution in [0.25, 0.3) is 0 Å². The molecule has 1 aromatic carbocycles. The fourth-order valence-corrected chi connectivity index (χ4v) is 3.54. The number of carbonyl (C=O) groups excluding carboxylic acids is 2. The molecule has 1 fully saturated rings. The minimum atomic E-state index is -0.244. The molecule has 0 saturated carbocycles. The van der Waals surface area contributed by atoms with Crippen LogP contribution in [0.15, 0.2) is 42.6 Å². The highest BCUT2D eigenvalue weighted by molar-refractivity contribution is 5.90. The molecule has 1 aliphatic heterocycles. The third-order valence-corrected chi connectivity index (χ3v) is 5.18. The minimum Gasteiger partial charge on any atom is -0.475 e. The number of piperidine rings is 1. The summed E-state index contributed by atoms with van der Waals surface area (Å²) in [5, 5.41) is 5.89. The number of carbonyl (C=O) groups is 2. The summed E-state index contributed by atoms with van der Waals surface area (Å²) in [6, 6.07) is 11.2. The van der Waals surface area contributed by atoms with Crippen molar-refractivity contribution < 1.29 is 19.1 Å². The number of pyridine rings is 1. The number of hydrogen-bond acceptors (Lipinski definition) is 5. The number of benzene rings is 1. The summed E-state index contributed by atoms with van der Waals surface area (Å²) in [6.45, 7) is 4.19. The number of amides is 3. The van der Waals surface area contributed by atoms with Crippen molar-refractivity contribution in [2.24, 2.45) is 5.92 Å². The Labute approximate surface area is 182 Å². The van der Waals surface area contributed by atoms with Crippen molar-refractivity contribution >= 4 is 17.6 Å². The Morgan fingerprint density at radius 2 is 2.10 bits per heavy atom. The molecule has 0 radical (unpaired) electrons. The van der Waals surface area contributed by atoms with E-state index in [1.54, 1.807) is 18.2 Å². The molecule has 0 aliphatic carbocycles. The van der Waals surface area contributed by atoms with Gasteiger partial charge < -0.3 is 25.0 Å². The van der Waals surface area contributed by atoms with Crippen molar-refractivity contribution in [2.45, 2.75) is 26.3 Å². The lowest BCUT2D eigenvalue weighted by molar-refractivity contribution is -0.126. The second-order valence-corrected chi connectivity index (χ2v) is 7.61. The van der Waals surface area contributed by atoms with Crippen molar-refractivity contribution in [3.63, 3.8) is 0 Å². The number of nitrogens with one attached hydrogen (secondary N) is 2. The van der Waals surface area contributed by atoms with E-state index in [1.165, 1.54) is 0 Å². The van der Waals surface area contributed by atoms with E-state index in [4.69, 9.17) is 9.47 Å². The van der Waals surface area contributed by atoms with Crippen LogP contribution in [0.4, 0.5) is 10.5 Å².